The first-order chi connectivity index (χ1) is 14.8. The number of nitrogens with two attached hydrogens (primary N) is 1. The van der Waals surface area contributed by atoms with E-state index < -0.39 is 0 Å². The fourth-order valence-corrected chi connectivity index (χ4v) is 2.74. The maximum absolute atomic E-state index is 12.0. The largest absolute Gasteiger partial charge is 0.462 e. The normalized spacial score (nSPS) is 10.9. The first kappa shape index (κ1) is 22.1. The molecule has 0 saturated carbocycles. The van der Waals surface area contributed by atoms with Crippen LogP contribution in [0, 0.1) is 5.92 Å². The summed E-state index contributed by atoms with van der Waals surface area (Å²) in [7, 11) is 0. The van der Waals surface area contributed by atoms with Gasteiger partial charge in [-0.1, -0.05) is 39.8 Å². The van der Waals surface area contributed by atoms with Crippen LogP contribution in [0.15, 0.2) is 54.9 Å². The molecular formula is C24H28N4O3. The van der Waals surface area contributed by atoms with Crippen molar-refractivity contribution in [2.75, 3.05) is 17.7 Å². The maximum Gasteiger partial charge on any atom is 0.338 e. The van der Waals surface area contributed by atoms with E-state index in [9.17, 15) is 4.79 Å². The molecule has 7 nitrogen and oxygen atoms in total. The lowest BCUT2D eigenvalue weighted by Gasteiger charge is -2.13. The number of ether oxygens (including phenoxy) is 2. The molecule has 7 heteroatoms. The molecule has 1 aromatic heterocycles. The average molecular weight is 421 g/mol. The van der Waals surface area contributed by atoms with Crippen LogP contribution < -0.4 is 15.8 Å². The zero-order valence-corrected chi connectivity index (χ0v) is 18.3. The van der Waals surface area contributed by atoms with Crippen molar-refractivity contribution < 1.29 is 14.3 Å². The molecule has 3 N–H and O–H groups in total. The molecule has 0 amide bonds. The van der Waals surface area contributed by atoms with Crippen LogP contribution in [-0.2, 0) is 4.74 Å². The number of hydrogen-bond acceptors (Lipinski definition) is 7. The summed E-state index contributed by atoms with van der Waals surface area (Å²) in [4.78, 5) is 20.4. The van der Waals surface area contributed by atoms with Crippen LogP contribution >= 0.6 is 0 Å². The number of carbonyl (C=O) groups is 1. The van der Waals surface area contributed by atoms with Gasteiger partial charge in [-0.2, -0.15) is 4.98 Å². The Balaban J connectivity index is 1.69. The van der Waals surface area contributed by atoms with Crippen molar-refractivity contribution >= 4 is 23.2 Å². The highest BCUT2D eigenvalue weighted by atomic mass is 16.5. The van der Waals surface area contributed by atoms with E-state index in [2.05, 4.69) is 29.1 Å². The molecule has 0 atom stereocenters. The minimum absolute atomic E-state index is 0.267. The summed E-state index contributed by atoms with van der Waals surface area (Å²) in [6.45, 7) is 8.64. The number of carbonyl (C=O) groups excluding carboxylic acids is 1. The van der Waals surface area contributed by atoms with Gasteiger partial charge in [0.2, 0.25) is 5.88 Å². The van der Waals surface area contributed by atoms with E-state index in [0.29, 0.717) is 29.7 Å². The standard InChI is InChI=1S/C24H28N4O3/c1-15(2)13-30-24(29)18-5-9-19(10-6-18)28-22-21(25)23(27-14-26-22)31-20-11-7-17(8-12-20)16(3)4/h5-12,14-16H,13,25H2,1-4H3,(H,26,27,28). The van der Waals surface area contributed by atoms with Crippen LogP contribution in [0.2, 0.25) is 0 Å². The molecular weight excluding hydrogens is 392 g/mol. The number of rotatable bonds is 8. The van der Waals surface area contributed by atoms with Gasteiger partial charge in [-0.25, -0.2) is 9.78 Å². The second-order valence-corrected chi connectivity index (χ2v) is 7.96. The van der Waals surface area contributed by atoms with Gasteiger partial charge in [-0.05, 0) is 53.8 Å². The SMILES string of the molecule is CC(C)COC(=O)c1ccc(Nc2ncnc(Oc3ccc(C(C)C)cc3)c2N)cc1. The van der Waals surface area contributed by atoms with Crippen LogP contribution in [0.1, 0.15) is 49.5 Å². The number of aromatic nitrogens is 2. The monoisotopic (exact) mass is 420 g/mol. The summed E-state index contributed by atoms with van der Waals surface area (Å²) in [5.74, 6) is 1.71. The molecule has 31 heavy (non-hydrogen) atoms. The summed E-state index contributed by atoms with van der Waals surface area (Å²) < 4.78 is 11.1. The van der Waals surface area contributed by atoms with E-state index in [-0.39, 0.29) is 23.5 Å². The van der Waals surface area contributed by atoms with Crippen molar-refractivity contribution in [1.82, 2.24) is 9.97 Å². The lowest BCUT2D eigenvalue weighted by molar-refractivity contribution is 0.0459. The molecule has 0 unspecified atom stereocenters. The summed E-state index contributed by atoms with van der Waals surface area (Å²) >= 11 is 0. The van der Waals surface area contributed by atoms with Gasteiger partial charge in [0, 0.05) is 5.69 Å². The number of nitrogens with one attached hydrogen (secondary N) is 1. The minimum Gasteiger partial charge on any atom is -0.462 e. The van der Waals surface area contributed by atoms with Gasteiger partial charge in [-0.15, -0.1) is 0 Å². The molecule has 0 saturated heterocycles. The minimum atomic E-state index is -0.346. The summed E-state index contributed by atoms with van der Waals surface area (Å²) in [6, 6.07) is 14.7. The molecule has 0 aliphatic rings. The van der Waals surface area contributed by atoms with Gasteiger partial charge in [0.1, 0.15) is 17.8 Å². The van der Waals surface area contributed by atoms with E-state index in [1.165, 1.54) is 11.9 Å². The Hall–Kier alpha value is -3.61. The molecule has 0 aliphatic heterocycles. The van der Waals surface area contributed by atoms with Crippen molar-refractivity contribution in [2.24, 2.45) is 5.92 Å². The van der Waals surface area contributed by atoms with Crippen molar-refractivity contribution in [3.8, 4) is 11.6 Å². The molecule has 0 fully saturated rings. The lowest BCUT2D eigenvalue weighted by Crippen LogP contribution is -2.10. The Labute approximate surface area is 182 Å². The summed E-state index contributed by atoms with van der Waals surface area (Å²) in [6.07, 6.45) is 1.38. The van der Waals surface area contributed by atoms with Gasteiger partial charge in [0.05, 0.1) is 12.2 Å². The van der Waals surface area contributed by atoms with E-state index >= 15 is 0 Å². The molecule has 0 aliphatic carbocycles. The number of hydrogen-bond donors (Lipinski definition) is 2. The van der Waals surface area contributed by atoms with E-state index in [1.54, 1.807) is 24.3 Å². The topological polar surface area (TPSA) is 99.4 Å². The third-order valence-electron chi connectivity index (χ3n) is 4.54. The lowest BCUT2D eigenvalue weighted by atomic mass is 10.0. The Morgan fingerprint density at radius 1 is 1.00 bits per heavy atom. The highest BCUT2D eigenvalue weighted by Crippen LogP contribution is 2.31. The molecule has 1 heterocycles. The quantitative estimate of drug-likeness (QED) is 0.462. The molecule has 0 radical (unpaired) electrons. The zero-order chi connectivity index (χ0) is 22.4. The number of esters is 1. The molecule has 162 valence electrons. The zero-order valence-electron chi connectivity index (χ0n) is 18.3. The van der Waals surface area contributed by atoms with Gasteiger partial charge >= 0.3 is 5.97 Å². The van der Waals surface area contributed by atoms with Crippen LogP contribution in [0.5, 0.6) is 11.6 Å². The second-order valence-electron chi connectivity index (χ2n) is 7.96. The van der Waals surface area contributed by atoms with Crippen LogP contribution in [0.4, 0.5) is 17.2 Å². The Morgan fingerprint density at radius 3 is 2.29 bits per heavy atom. The smallest absolute Gasteiger partial charge is 0.338 e. The predicted octanol–water partition coefficient (Wildman–Crippen LogP) is 5.53. The Bertz CT molecular complexity index is 1020. The van der Waals surface area contributed by atoms with Crippen LogP contribution in [0.25, 0.3) is 0 Å². The van der Waals surface area contributed by atoms with Crippen molar-refractivity contribution in [1.29, 1.82) is 0 Å². The van der Waals surface area contributed by atoms with E-state index in [1.807, 2.05) is 38.1 Å². The Kier molecular flexibility index (Phi) is 7.07. The second kappa shape index (κ2) is 9.93. The molecule has 3 aromatic rings. The molecule has 0 bridgehead atoms. The number of benzene rings is 2. The summed E-state index contributed by atoms with van der Waals surface area (Å²) in [5.41, 5.74) is 8.93. The fourth-order valence-electron chi connectivity index (χ4n) is 2.74. The van der Waals surface area contributed by atoms with Crippen molar-refractivity contribution in [3.05, 3.63) is 66.0 Å². The fraction of sp³-hybridized carbons (Fsp3) is 0.292. The van der Waals surface area contributed by atoms with E-state index in [0.717, 1.165) is 5.69 Å². The van der Waals surface area contributed by atoms with Gasteiger partial charge in [-0.3, -0.25) is 0 Å². The van der Waals surface area contributed by atoms with Crippen LogP contribution in [-0.4, -0.2) is 22.5 Å². The van der Waals surface area contributed by atoms with Gasteiger partial charge in [0.25, 0.3) is 0 Å². The van der Waals surface area contributed by atoms with Gasteiger partial charge in [0.15, 0.2) is 5.82 Å². The predicted molar refractivity (Wildman–Crippen MR) is 122 cm³/mol. The van der Waals surface area contributed by atoms with Crippen molar-refractivity contribution in [3.63, 3.8) is 0 Å². The molecule has 0 spiro atoms. The third-order valence-corrected chi connectivity index (χ3v) is 4.54. The highest BCUT2D eigenvalue weighted by Gasteiger charge is 2.12. The molecule has 3 rings (SSSR count). The van der Waals surface area contributed by atoms with E-state index in [4.69, 9.17) is 15.2 Å². The summed E-state index contributed by atoms with van der Waals surface area (Å²) in [5, 5.41) is 3.13. The third kappa shape index (κ3) is 5.94. The van der Waals surface area contributed by atoms with Crippen LogP contribution in [0.3, 0.4) is 0 Å². The Morgan fingerprint density at radius 2 is 1.68 bits per heavy atom. The molecule has 2 aromatic carbocycles. The highest BCUT2D eigenvalue weighted by molar-refractivity contribution is 5.90. The first-order valence-corrected chi connectivity index (χ1v) is 10.3. The number of anilines is 3. The number of nitrogens with zero attached hydrogens (tertiary/aromatic N) is 2. The maximum atomic E-state index is 12.0. The number of nitrogen functional groups attached to an aromatic ring is 1. The van der Waals surface area contributed by atoms with Gasteiger partial charge < -0.3 is 20.5 Å². The average Bonchev–Trinajstić information content (AvgIpc) is 2.75. The first-order valence-electron chi connectivity index (χ1n) is 10.3. The van der Waals surface area contributed by atoms with Crippen molar-refractivity contribution in [2.45, 2.75) is 33.6 Å².